The molecule has 2 fully saturated rings. The van der Waals surface area contributed by atoms with Crippen molar-refractivity contribution in [2.75, 3.05) is 13.1 Å². The van der Waals surface area contributed by atoms with Gasteiger partial charge in [0.1, 0.15) is 0 Å². The fourth-order valence-electron chi connectivity index (χ4n) is 4.37. The van der Waals surface area contributed by atoms with Gasteiger partial charge in [-0.2, -0.15) is 0 Å². The lowest BCUT2D eigenvalue weighted by Crippen LogP contribution is -2.52. The van der Waals surface area contributed by atoms with Crippen molar-refractivity contribution in [3.63, 3.8) is 0 Å². The fraction of sp³-hybridized carbons (Fsp3) is 1.00. The quantitative estimate of drug-likeness (QED) is 0.682. The zero-order chi connectivity index (χ0) is 11.8. The van der Waals surface area contributed by atoms with E-state index in [9.17, 15) is 0 Å². The van der Waals surface area contributed by atoms with Gasteiger partial charge in [0.15, 0.2) is 0 Å². The molecule has 1 aliphatic heterocycles. The maximum absolute atomic E-state index is 2.78. The van der Waals surface area contributed by atoms with Crippen molar-refractivity contribution < 1.29 is 0 Å². The van der Waals surface area contributed by atoms with E-state index in [1.807, 2.05) is 0 Å². The van der Waals surface area contributed by atoms with E-state index >= 15 is 0 Å². The average molecular weight is 223 g/mol. The van der Waals surface area contributed by atoms with E-state index in [2.05, 4.69) is 32.6 Å². The third-order valence-electron chi connectivity index (χ3n) is 5.34. The summed E-state index contributed by atoms with van der Waals surface area (Å²) in [6.07, 6.45) is 8.48. The second-order valence-electron chi connectivity index (χ2n) is 7.00. The third-order valence-corrected chi connectivity index (χ3v) is 5.34. The Balaban J connectivity index is 2.08. The summed E-state index contributed by atoms with van der Waals surface area (Å²) in [7, 11) is 0. The van der Waals surface area contributed by atoms with Crippen molar-refractivity contribution in [2.24, 2.45) is 11.3 Å². The van der Waals surface area contributed by atoms with Gasteiger partial charge in [0.05, 0.1) is 0 Å². The van der Waals surface area contributed by atoms with Crippen LogP contribution in [0.25, 0.3) is 0 Å². The molecule has 1 saturated carbocycles. The molecule has 1 nitrogen and oxygen atoms in total. The molecule has 0 radical (unpaired) electrons. The van der Waals surface area contributed by atoms with Crippen LogP contribution in [0.2, 0.25) is 0 Å². The van der Waals surface area contributed by atoms with Crippen molar-refractivity contribution in [1.29, 1.82) is 0 Å². The maximum atomic E-state index is 2.78. The SMILES string of the molecule is CC[C@H]1CC[C@@](C)(N2CCCC2)CC1(C)C. The number of nitrogens with zero attached hydrogens (tertiary/aromatic N) is 1. The molecule has 2 atom stereocenters. The molecule has 0 unspecified atom stereocenters. The summed E-state index contributed by atoms with van der Waals surface area (Å²) in [5.41, 5.74) is 1.05. The molecule has 2 aliphatic rings. The molecule has 0 amide bonds. The molecule has 16 heavy (non-hydrogen) atoms. The van der Waals surface area contributed by atoms with Gasteiger partial charge in [-0.15, -0.1) is 0 Å². The summed E-state index contributed by atoms with van der Waals surface area (Å²) >= 11 is 0. The van der Waals surface area contributed by atoms with Gasteiger partial charge in [-0.05, 0) is 63.5 Å². The van der Waals surface area contributed by atoms with Crippen LogP contribution in [0, 0.1) is 11.3 Å². The molecular formula is C15H29N. The molecule has 0 aromatic carbocycles. The summed E-state index contributed by atoms with van der Waals surface area (Å²) in [4.78, 5) is 2.78. The molecule has 1 heterocycles. The summed E-state index contributed by atoms with van der Waals surface area (Å²) in [5.74, 6) is 0.947. The van der Waals surface area contributed by atoms with Gasteiger partial charge in [0, 0.05) is 5.54 Å². The van der Waals surface area contributed by atoms with Gasteiger partial charge in [-0.1, -0.05) is 27.2 Å². The van der Waals surface area contributed by atoms with Crippen molar-refractivity contribution >= 4 is 0 Å². The normalized spacial score (nSPS) is 40.1. The Hall–Kier alpha value is -0.0400. The Morgan fingerprint density at radius 2 is 1.75 bits per heavy atom. The minimum Gasteiger partial charge on any atom is -0.298 e. The highest BCUT2D eigenvalue weighted by Crippen LogP contribution is 2.49. The van der Waals surface area contributed by atoms with Gasteiger partial charge in [-0.25, -0.2) is 0 Å². The van der Waals surface area contributed by atoms with Crippen LogP contribution in [-0.4, -0.2) is 23.5 Å². The molecule has 1 heteroatoms. The van der Waals surface area contributed by atoms with Crippen LogP contribution < -0.4 is 0 Å². The Morgan fingerprint density at radius 1 is 1.12 bits per heavy atom. The zero-order valence-electron chi connectivity index (χ0n) is 11.7. The van der Waals surface area contributed by atoms with Crippen LogP contribution in [0.1, 0.15) is 66.2 Å². The molecule has 2 rings (SSSR count). The smallest absolute Gasteiger partial charge is 0.0186 e. The van der Waals surface area contributed by atoms with E-state index in [-0.39, 0.29) is 0 Å². The van der Waals surface area contributed by atoms with Crippen LogP contribution in [0.3, 0.4) is 0 Å². The number of hydrogen-bond donors (Lipinski definition) is 0. The van der Waals surface area contributed by atoms with Crippen LogP contribution in [0.5, 0.6) is 0 Å². The van der Waals surface area contributed by atoms with E-state index in [1.54, 1.807) is 0 Å². The largest absolute Gasteiger partial charge is 0.298 e. The molecule has 0 bridgehead atoms. The summed E-state index contributed by atoms with van der Waals surface area (Å²) < 4.78 is 0. The van der Waals surface area contributed by atoms with Crippen molar-refractivity contribution in [3.8, 4) is 0 Å². The molecule has 0 aromatic rings. The summed E-state index contributed by atoms with van der Waals surface area (Å²) in [6, 6.07) is 0. The van der Waals surface area contributed by atoms with Crippen LogP contribution >= 0.6 is 0 Å². The first-order chi connectivity index (χ1) is 7.48. The van der Waals surface area contributed by atoms with Crippen LogP contribution in [-0.2, 0) is 0 Å². The number of likely N-dealkylation sites (tertiary alicyclic amines) is 1. The minimum absolute atomic E-state index is 0.506. The topological polar surface area (TPSA) is 3.24 Å². The predicted octanol–water partition coefficient (Wildman–Crippen LogP) is 4.08. The Bertz CT molecular complexity index is 240. The molecule has 0 N–H and O–H groups in total. The Labute approximate surface area is 102 Å². The van der Waals surface area contributed by atoms with Crippen molar-refractivity contribution in [1.82, 2.24) is 4.90 Å². The first-order valence-corrected chi connectivity index (χ1v) is 7.23. The lowest BCUT2D eigenvalue weighted by molar-refractivity contribution is -0.00515. The third kappa shape index (κ3) is 2.16. The van der Waals surface area contributed by atoms with Gasteiger partial charge < -0.3 is 0 Å². The van der Waals surface area contributed by atoms with Gasteiger partial charge in [-0.3, -0.25) is 4.90 Å². The molecule has 1 aliphatic carbocycles. The van der Waals surface area contributed by atoms with Crippen LogP contribution in [0.15, 0.2) is 0 Å². The second kappa shape index (κ2) is 4.33. The molecule has 1 saturated heterocycles. The maximum Gasteiger partial charge on any atom is 0.0186 e. The van der Waals surface area contributed by atoms with Gasteiger partial charge in [0.25, 0.3) is 0 Å². The summed E-state index contributed by atoms with van der Waals surface area (Å²) in [6.45, 7) is 12.6. The molecule has 0 aromatic heterocycles. The minimum atomic E-state index is 0.506. The monoisotopic (exact) mass is 223 g/mol. The van der Waals surface area contributed by atoms with E-state index in [0.29, 0.717) is 11.0 Å². The highest BCUT2D eigenvalue weighted by molar-refractivity contribution is 4.99. The van der Waals surface area contributed by atoms with Crippen molar-refractivity contribution in [2.45, 2.75) is 71.8 Å². The Morgan fingerprint density at radius 3 is 2.25 bits per heavy atom. The van der Waals surface area contributed by atoms with Crippen molar-refractivity contribution in [3.05, 3.63) is 0 Å². The summed E-state index contributed by atoms with van der Waals surface area (Å²) in [5, 5.41) is 0. The number of rotatable bonds is 2. The van der Waals surface area contributed by atoms with Crippen LogP contribution in [0.4, 0.5) is 0 Å². The lowest BCUT2D eigenvalue weighted by Gasteiger charge is -2.52. The standard InChI is InChI=1S/C15H29N/c1-5-13-8-9-15(4,12-14(13,2)3)16-10-6-7-11-16/h13H,5-12H2,1-4H3/t13-,15+/m0/s1. The first kappa shape index (κ1) is 12.4. The molecular weight excluding hydrogens is 194 g/mol. The van der Waals surface area contributed by atoms with E-state index in [0.717, 1.165) is 5.92 Å². The first-order valence-electron chi connectivity index (χ1n) is 7.23. The highest BCUT2D eigenvalue weighted by atomic mass is 15.2. The van der Waals surface area contributed by atoms with E-state index in [4.69, 9.17) is 0 Å². The second-order valence-corrected chi connectivity index (χ2v) is 7.00. The number of hydrogen-bond acceptors (Lipinski definition) is 1. The van der Waals surface area contributed by atoms with E-state index < -0.39 is 0 Å². The molecule has 94 valence electrons. The molecule has 0 spiro atoms. The fourth-order valence-corrected chi connectivity index (χ4v) is 4.37. The highest BCUT2D eigenvalue weighted by Gasteiger charge is 2.45. The lowest BCUT2D eigenvalue weighted by atomic mass is 9.61. The Kier molecular flexibility index (Phi) is 3.36. The van der Waals surface area contributed by atoms with E-state index in [1.165, 1.54) is 51.6 Å². The van der Waals surface area contributed by atoms with Gasteiger partial charge >= 0.3 is 0 Å². The predicted molar refractivity (Wildman–Crippen MR) is 70.6 cm³/mol. The zero-order valence-corrected chi connectivity index (χ0v) is 11.7. The van der Waals surface area contributed by atoms with Gasteiger partial charge in [0.2, 0.25) is 0 Å². The average Bonchev–Trinajstić information content (AvgIpc) is 2.69.